The molecular weight excluding hydrogens is 376 g/mol. The fourth-order valence-corrected chi connectivity index (χ4v) is 3.81. The van der Waals surface area contributed by atoms with Crippen molar-refractivity contribution in [3.63, 3.8) is 0 Å². The summed E-state index contributed by atoms with van der Waals surface area (Å²) in [6.45, 7) is -0.0139. The smallest absolute Gasteiger partial charge is 0.241 e. The number of nitrogens with zero attached hydrogens (tertiary/aromatic N) is 1. The molecule has 7 heteroatoms. The molecule has 0 atom stereocenters. The van der Waals surface area contributed by atoms with E-state index in [0.29, 0.717) is 18.0 Å². The molecule has 0 aliphatic carbocycles. The fourth-order valence-electron chi connectivity index (χ4n) is 2.95. The summed E-state index contributed by atoms with van der Waals surface area (Å²) >= 11 is 0. The van der Waals surface area contributed by atoms with E-state index < -0.39 is 15.9 Å². The van der Waals surface area contributed by atoms with Crippen LogP contribution in [0, 0.1) is 0 Å². The first-order valence-corrected chi connectivity index (χ1v) is 10.6. The maximum Gasteiger partial charge on any atom is 0.241 e. The van der Waals surface area contributed by atoms with Crippen molar-refractivity contribution < 1.29 is 17.9 Å². The lowest BCUT2D eigenvalue weighted by Gasteiger charge is -2.23. The molecule has 0 spiro atoms. The van der Waals surface area contributed by atoms with E-state index in [1.54, 1.807) is 24.3 Å². The van der Waals surface area contributed by atoms with Crippen molar-refractivity contribution >= 4 is 32.4 Å². The van der Waals surface area contributed by atoms with Crippen molar-refractivity contribution in [3.8, 4) is 5.75 Å². The SMILES string of the molecule is COc1ccccc1N(CC(=O)NCc1ccc2ccccc2c1)S(C)(=O)=O. The van der Waals surface area contributed by atoms with E-state index in [1.807, 2.05) is 42.5 Å². The third-order valence-electron chi connectivity index (χ3n) is 4.34. The number of amides is 1. The van der Waals surface area contributed by atoms with Crippen LogP contribution in [-0.2, 0) is 21.4 Å². The Morgan fingerprint density at radius 2 is 1.68 bits per heavy atom. The molecule has 3 rings (SSSR count). The van der Waals surface area contributed by atoms with Crippen LogP contribution in [0.4, 0.5) is 5.69 Å². The Morgan fingerprint density at radius 1 is 1.00 bits per heavy atom. The van der Waals surface area contributed by atoms with Gasteiger partial charge < -0.3 is 10.1 Å². The summed E-state index contributed by atoms with van der Waals surface area (Å²) in [5.74, 6) is -0.0141. The van der Waals surface area contributed by atoms with Crippen molar-refractivity contribution in [3.05, 3.63) is 72.3 Å². The summed E-state index contributed by atoms with van der Waals surface area (Å²) in [6.07, 6.45) is 1.07. The van der Waals surface area contributed by atoms with Crippen molar-refractivity contribution in [1.82, 2.24) is 5.32 Å². The number of nitrogens with one attached hydrogen (secondary N) is 1. The van der Waals surface area contributed by atoms with Crippen molar-refractivity contribution in [2.75, 3.05) is 24.2 Å². The molecule has 0 bridgehead atoms. The average molecular weight is 398 g/mol. The normalized spacial score (nSPS) is 11.2. The first-order valence-electron chi connectivity index (χ1n) is 8.73. The van der Waals surface area contributed by atoms with Crippen molar-refractivity contribution in [1.29, 1.82) is 0 Å². The van der Waals surface area contributed by atoms with Gasteiger partial charge in [0.25, 0.3) is 0 Å². The first-order chi connectivity index (χ1) is 13.4. The Hall–Kier alpha value is -3.06. The molecule has 0 aliphatic heterocycles. The minimum Gasteiger partial charge on any atom is -0.495 e. The van der Waals surface area contributed by atoms with E-state index in [-0.39, 0.29) is 6.54 Å². The van der Waals surface area contributed by atoms with Gasteiger partial charge in [0.1, 0.15) is 12.3 Å². The predicted octanol–water partition coefficient (Wildman–Crippen LogP) is 2.93. The monoisotopic (exact) mass is 398 g/mol. The maximum atomic E-state index is 12.5. The quantitative estimate of drug-likeness (QED) is 0.664. The lowest BCUT2D eigenvalue weighted by molar-refractivity contribution is -0.119. The number of anilines is 1. The van der Waals surface area contributed by atoms with E-state index in [9.17, 15) is 13.2 Å². The van der Waals surface area contributed by atoms with Gasteiger partial charge in [-0.25, -0.2) is 8.42 Å². The van der Waals surface area contributed by atoms with Gasteiger partial charge in [-0.1, -0.05) is 48.5 Å². The molecule has 0 aromatic heterocycles. The standard InChI is InChI=1S/C21H22N2O4S/c1-27-20-10-6-5-9-19(20)23(28(2,25)26)15-21(24)22-14-16-11-12-17-7-3-4-8-18(17)13-16/h3-13H,14-15H2,1-2H3,(H,22,24). The molecule has 0 fully saturated rings. The Morgan fingerprint density at radius 3 is 2.39 bits per heavy atom. The number of methoxy groups -OCH3 is 1. The van der Waals surface area contributed by atoms with Crippen LogP contribution >= 0.6 is 0 Å². The average Bonchev–Trinajstić information content (AvgIpc) is 2.69. The number of rotatable bonds is 7. The number of ether oxygens (including phenoxy) is 1. The number of hydrogen-bond acceptors (Lipinski definition) is 4. The van der Waals surface area contributed by atoms with Crippen LogP contribution in [-0.4, -0.2) is 34.2 Å². The highest BCUT2D eigenvalue weighted by Gasteiger charge is 2.23. The molecule has 1 amide bonds. The van der Waals surface area contributed by atoms with Gasteiger partial charge >= 0.3 is 0 Å². The molecule has 0 heterocycles. The van der Waals surface area contributed by atoms with Crippen LogP contribution in [0.3, 0.4) is 0 Å². The minimum absolute atomic E-state index is 0.313. The van der Waals surface area contributed by atoms with Gasteiger partial charge in [-0.3, -0.25) is 9.10 Å². The van der Waals surface area contributed by atoms with E-state index in [1.165, 1.54) is 7.11 Å². The number of sulfonamides is 1. The molecular formula is C21H22N2O4S. The number of carbonyl (C=O) groups is 1. The highest BCUT2D eigenvalue weighted by atomic mass is 32.2. The summed E-state index contributed by atoms with van der Waals surface area (Å²) < 4.78 is 30.8. The van der Waals surface area contributed by atoms with Crippen LogP contribution in [0.2, 0.25) is 0 Å². The maximum absolute atomic E-state index is 12.5. The van der Waals surface area contributed by atoms with Crippen LogP contribution in [0.1, 0.15) is 5.56 Å². The molecule has 28 heavy (non-hydrogen) atoms. The number of hydrogen-bond donors (Lipinski definition) is 1. The van der Waals surface area contributed by atoms with Gasteiger partial charge in [0.2, 0.25) is 15.9 Å². The van der Waals surface area contributed by atoms with E-state index in [2.05, 4.69) is 5.32 Å². The zero-order valence-corrected chi connectivity index (χ0v) is 16.6. The minimum atomic E-state index is -3.66. The fraction of sp³-hybridized carbons (Fsp3) is 0.190. The molecule has 0 radical (unpaired) electrons. The Balaban J connectivity index is 1.73. The van der Waals surface area contributed by atoms with Crippen LogP contribution < -0.4 is 14.4 Å². The first kappa shape index (κ1) is 19.7. The van der Waals surface area contributed by atoms with Gasteiger partial charge in [-0.2, -0.15) is 0 Å². The zero-order valence-electron chi connectivity index (χ0n) is 15.8. The van der Waals surface area contributed by atoms with Crippen LogP contribution in [0.5, 0.6) is 5.75 Å². The Bertz CT molecular complexity index is 1100. The second-order valence-corrected chi connectivity index (χ2v) is 8.31. The second-order valence-electron chi connectivity index (χ2n) is 6.40. The van der Waals surface area contributed by atoms with Gasteiger partial charge in [-0.05, 0) is 34.5 Å². The van der Waals surface area contributed by atoms with Gasteiger partial charge in [0.05, 0.1) is 19.1 Å². The van der Waals surface area contributed by atoms with E-state index in [0.717, 1.165) is 26.9 Å². The number of fused-ring (bicyclic) bond motifs is 1. The second kappa shape index (κ2) is 8.31. The van der Waals surface area contributed by atoms with Crippen LogP contribution in [0.15, 0.2) is 66.7 Å². The van der Waals surface area contributed by atoms with Gasteiger partial charge in [-0.15, -0.1) is 0 Å². The molecule has 0 saturated carbocycles. The lowest BCUT2D eigenvalue weighted by Crippen LogP contribution is -2.40. The number of benzene rings is 3. The highest BCUT2D eigenvalue weighted by molar-refractivity contribution is 7.92. The summed E-state index contributed by atoms with van der Waals surface area (Å²) in [5, 5.41) is 4.99. The summed E-state index contributed by atoms with van der Waals surface area (Å²) in [5.41, 5.74) is 1.27. The van der Waals surface area contributed by atoms with Gasteiger partial charge in [0.15, 0.2) is 0 Å². The van der Waals surface area contributed by atoms with E-state index >= 15 is 0 Å². The number of carbonyl (C=O) groups excluding carboxylic acids is 1. The largest absolute Gasteiger partial charge is 0.495 e. The molecule has 0 aliphatic rings. The van der Waals surface area contributed by atoms with Crippen LogP contribution in [0.25, 0.3) is 10.8 Å². The van der Waals surface area contributed by atoms with Crippen molar-refractivity contribution in [2.24, 2.45) is 0 Å². The summed E-state index contributed by atoms with van der Waals surface area (Å²) in [7, 11) is -2.21. The van der Waals surface area contributed by atoms with Crippen molar-refractivity contribution in [2.45, 2.75) is 6.54 Å². The third kappa shape index (κ3) is 4.61. The topological polar surface area (TPSA) is 75.7 Å². The molecule has 6 nitrogen and oxygen atoms in total. The molecule has 0 saturated heterocycles. The highest BCUT2D eigenvalue weighted by Crippen LogP contribution is 2.29. The summed E-state index contributed by atoms with van der Waals surface area (Å²) in [6, 6.07) is 20.6. The van der Waals surface area contributed by atoms with E-state index in [4.69, 9.17) is 4.74 Å². The molecule has 1 N–H and O–H groups in total. The lowest BCUT2D eigenvalue weighted by atomic mass is 10.1. The molecule has 3 aromatic carbocycles. The molecule has 146 valence electrons. The predicted molar refractivity (Wildman–Crippen MR) is 111 cm³/mol. The number of para-hydroxylation sites is 2. The Labute approximate surface area is 164 Å². The molecule has 0 unspecified atom stereocenters. The zero-order chi connectivity index (χ0) is 20.1. The summed E-state index contributed by atoms with van der Waals surface area (Å²) in [4.78, 5) is 12.5. The Kier molecular flexibility index (Phi) is 5.84. The third-order valence-corrected chi connectivity index (χ3v) is 5.47. The van der Waals surface area contributed by atoms with Gasteiger partial charge in [0, 0.05) is 6.54 Å². The molecule has 3 aromatic rings.